The van der Waals surface area contributed by atoms with Gasteiger partial charge in [-0.15, -0.1) is 0 Å². The van der Waals surface area contributed by atoms with Crippen molar-refractivity contribution in [2.24, 2.45) is 23.7 Å². The predicted octanol–water partition coefficient (Wildman–Crippen LogP) is 5.57. The average Bonchev–Trinajstić information content (AvgIpc) is 3.89. The fourth-order valence-electron chi connectivity index (χ4n) is 8.76. The van der Waals surface area contributed by atoms with Crippen LogP contribution in [0.3, 0.4) is 0 Å². The lowest BCUT2D eigenvalue weighted by Crippen LogP contribution is -2.46. The van der Waals surface area contributed by atoms with Gasteiger partial charge in [0.2, 0.25) is 11.6 Å². The van der Waals surface area contributed by atoms with Crippen LogP contribution in [0.25, 0.3) is 0 Å². The number of hydrogen-bond acceptors (Lipinski definition) is 14. The highest BCUT2D eigenvalue weighted by atomic mass is 16.7. The number of fused-ring (bicyclic) bond motifs is 14. The van der Waals surface area contributed by atoms with E-state index in [0.717, 1.165) is 0 Å². The van der Waals surface area contributed by atoms with E-state index in [-0.39, 0.29) is 50.7 Å². The normalized spacial score (nSPS) is 29.3. The Labute approximate surface area is 366 Å². The van der Waals surface area contributed by atoms with E-state index in [2.05, 4.69) is 5.32 Å². The molecule has 1 fully saturated rings. The average molecular weight is 869 g/mol. The van der Waals surface area contributed by atoms with Gasteiger partial charge in [0, 0.05) is 68.9 Å². The Morgan fingerprint density at radius 1 is 0.873 bits per heavy atom. The molecule has 4 aliphatic heterocycles. The Kier molecular flexibility index (Phi) is 13.9. The van der Waals surface area contributed by atoms with Gasteiger partial charge in [-0.1, -0.05) is 64.1 Å². The second-order valence-electron chi connectivity index (χ2n) is 16.9. The molecule has 0 unspecified atom stereocenters. The predicted molar refractivity (Wildman–Crippen MR) is 229 cm³/mol. The number of aliphatic hydroxyl groups excluding tert-OH is 2. The third kappa shape index (κ3) is 9.00. The number of carbonyl (C=O) groups is 6. The maximum atomic E-state index is 15.1. The zero-order chi connectivity index (χ0) is 46.1. The van der Waals surface area contributed by atoms with E-state index in [1.807, 2.05) is 0 Å². The standard InChI is InChI=1S/C48H56N2O13/c1-24-16-15-17-25(2)46(57)49-36-37(50-21-13-14-22-50)41(55)33-34(40(36)54)43(62-47(58)31-18-11-10-12-19-31)29(6)44-35(33)45(56)48(8,63-44)60-23-20-32(59-9)26(3)42(61-30(7)51)28(5)39(53)27(4)38(24)52/h10-12,15-20,23-24,26-28,32,38-39,42,52-53H,13-14,21-22H2,1-9H3,(H,49,57)/t24-,26+,27+,28-,32-,38-,39-,42+,48-/m0/s1. The molecule has 1 saturated heterocycles. The number of rotatable bonds is 5. The summed E-state index contributed by atoms with van der Waals surface area (Å²) in [4.78, 5) is 86.6. The number of carbonyl (C=O) groups excluding carboxylic acids is 6. The van der Waals surface area contributed by atoms with Crippen LogP contribution in [0.1, 0.15) is 108 Å². The van der Waals surface area contributed by atoms with Gasteiger partial charge in [0.25, 0.3) is 11.7 Å². The molecular weight excluding hydrogens is 813 g/mol. The molecule has 5 bridgehead atoms. The molecule has 0 radical (unpaired) electrons. The summed E-state index contributed by atoms with van der Waals surface area (Å²) in [5.74, 6) is -9.78. The number of Topliss-reactive ketones (excluding diaryl/α,β-unsaturated/α-hetero) is 3. The molecule has 63 heavy (non-hydrogen) atoms. The van der Waals surface area contributed by atoms with Crippen molar-refractivity contribution in [3.63, 3.8) is 0 Å². The summed E-state index contributed by atoms with van der Waals surface area (Å²) in [6.45, 7) is 13.2. The summed E-state index contributed by atoms with van der Waals surface area (Å²) in [5, 5.41) is 25.7. The largest absolute Gasteiger partial charge is 0.462 e. The summed E-state index contributed by atoms with van der Waals surface area (Å²) in [5.41, 5.74) is -1.15. The zero-order valence-electron chi connectivity index (χ0n) is 37.1. The minimum absolute atomic E-state index is 0.0477. The number of ketones is 3. The van der Waals surface area contributed by atoms with Gasteiger partial charge in [-0.05, 0) is 44.9 Å². The first-order valence-electron chi connectivity index (χ1n) is 21.2. The first-order valence-corrected chi connectivity index (χ1v) is 21.2. The van der Waals surface area contributed by atoms with Gasteiger partial charge >= 0.3 is 17.7 Å². The first kappa shape index (κ1) is 46.6. The molecule has 3 N–H and O–H groups in total. The quantitative estimate of drug-likeness (QED) is 0.249. The Bertz CT molecular complexity index is 2310. The lowest BCUT2D eigenvalue weighted by Gasteiger charge is -2.38. The van der Waals surface area contributed by atoms with Gasteiger partial charge < -0.3 is 44.1 Å². The fraction of sp³-hybridized carbons (Fsp3) is 0.458. The van der Waals surface area contributed by atoms with E-state index in [1.54, 1.807) is 62.9 Å². The van der Waals surface area contributed by atoms with Crippen molar-refractivity contribution in [3.8, 4) is 11.5 Å². The number of allylic oxidation sites excluding steroid dienone is 4. The number of methoxy groups -OCH3 is 1. The minimum Gasteiger partial charge on any atom is -0.462 e. The zero-order valence-corrected chi connectivity index (χ0v) is 37.1. The van der Waals surface area contributed by atoms with Gasteiger partial charge in [-0.3, -0.25) is 24.0 Å². The molecule has 1 aliphatic carbocycles. The third-order valence-corrected chi connectivity index (χ3v) is 12.5. The van der Waals surface area contributed by atoms with Crippen LogP contribution in [-0.4, -0.2) is 101 Å². The van der Waals surface area contributed by atoms with Gasteiger partial charge in [0.1, 0.15) is 29.0 Å². The number of amides is 1. The van der Waals surface area contributed by atoms with Crippen LogP contribution in [0.4, 0.5) is 0 Å². The van der Waals surface area contributed by atoms with Crippen molar-refractivity contribution in [1.82, 2.24) is 10.2 Å². The number of esters is 2. The summed E-state index contributed by atoms with van der Waals surface area (Å²) >= 11 is 0. The topological polar surface area (TPSA) is 204 Å². The lowest BCUT2D eigenvalue weighted by molar-refractivity contribution is -0.160. The number of hydrogen-bond donors (Lipinski definition) is 3. The molecule has 5 aliphatic rings. The van der Waals surface area contributed by atoms with Crippen LogP contribution in [0, 0.1) is 30.6 Å². The van der Waals surface area contributed by atoms with Gasteiger partial charge in [-0.25, -0.2) is 4.79 Å². The van der Waals surface area contributed by atoms with Crippen molar-refractivity contribution < 1.29 is 62.7 Å². The smallest absolute Gasteiger partial charge is 0.343 e. The molecule has 0 saturated carbocycles. The van der Waals surface area contributed by atoms with E-state index >= 15 is 9.59 Å². The SMILES string of the molecule is CO[C@H]1C=CO[C@@]2(C)Oc3c(C)c(OC(=O)c4ccccc4)c4c(c3C2=O)C(=O)C(N2CCCC2)=C(NC(=O)C(C)=CC=C[C@H](C)[C@H](O)[C@@H](C)[C@H](O)[C@H](C)[C@H](OC(C)=O)[C@@H]1C)C4=O. The number of benzene rings is 2. The fourth-order valence-corrected chi connectivity index (χ4v) is 8.76. The number of nitrogens with one attached hydrogen (secondary N) is 1. The molecule has 4 heterocycles. The van der Waals surface area contributed by atoms with Crippen LogP contribution in [0.2, 0.25) is 0 Å². The number of likely N-dealkylation sites (tertiary alicyclic amines) is 1. The van der Waals surface area contributed by atoms with Crippen LogP contribution in [0.15, 0.2) is 77.9 Å². The Morgan fingerprint density at radius 3 is 2.17 bits per heavy atom. The van der Waals surface area contributed by atoms with Crippen molar-refractivity contribution in [1.29, 1.82) is 0 Å². The van der Waals surface area contributed by atoms with Crippen LogP contribution >= 0.6 is 0 Å². The molecule has 2 aromatic rings. The van der Waals surface area contributed by atoms with E-state index in [0.29, 0.717) is 25.9 Å². The summed E-state index contributed by atoms with van der Waals surface area (Å²) in [7, 11) is 1.43. The molecule has 0 aromatic heterocycles. The van der Waals surface area contributed by atoms with Crippen molar-refractivity contribution in [3.05, 3.63) is 106 Å². The van der Waals surface area contributed by atoms with Crippen molar-refractivity contribution in [2.45, 2.75) is 98.4 Å². The highest BCUT2D eigenvalue weighted by Crippen LogP contribution is 2.50. The molecule has 7 rings (SSSR count). The number of nitrogens with zero attached hydrogens (tertiary/aromatic N) is 1. The van der Waals surface area contributed by atoms with E-state index < -0.39 is 94.6 Å². The molecule has 336 valence electrons. The molecule has 9 atom stereocenters. The highest BCUT2D eigenvalue weighted by molar-refractivity contribution is 6.32. The maximum Gasteiger partial charge on any atom is 0.343 e. The summed E-state index contributed by atoms with van der Waals surface area (Å²) in [6.07, 6.45) is 4.78. The van der Waals surface area contributed by atoms with Gasteiger partial charge in [0.15, 0.2) is 0 Å². The van der Waals surface area contributed by atoms with Crippen molar-refractivity contribution >= 4 is 35.2 Å². The molecule has 15 heteroatoms. The highest BCUT2D eigenvalue weighted by Gasteiger charge is 2.53. The molecule has 2 aromatic carbocycles. The maximum absolute atomic E-state index is 15.1. The van der Waals surface area contributed by atoms with E-state index in [1.165, 1.54) is 65.4 Å². The minimum atomic E-state index is -2.12. The third-order valence-electron chi connectivity index (χ3n) is 12.5. The Balaban J connectivity index is 1.54. The first-order chi connectivity index (χ1) is 29.8. The van der Waals surface area contributed by atoms with Gasteiger partial charge in [0.05, 0.1) is 46.8 Å². The molecule has 1 amide bonds. The monoisotopic (exact) mass is 868 g/mol. The van der Waals surface area contributed by atoms with Crippen LogP contribution in [-0.2, 0) is 23.8 Å². The molecular formula is C48H56N2O13. The summed E-state index contributed by atoms with van der Waals surface area (Å²) < 4.78 is 29.9. The number of aliphatic hydroxyl groups is 2. The van der Waals surface area contributed by atoms with Crippen LogP contribution in [0.5, 0.6) is 11.5 Å². The van der Waals surface area contributed by atoms with E-state index in [9.17, 15) is 29.4 Å². The summed E-state index contributed by atoms with van der Waals surface area (Å²) in [6, 6.07) is 8.00. The number of ether oxygens (including phenoxy) is 5. The van der Waals surface area contributed by atoms with Gasteiger partial charge in [-0.2, -0.15) is 0 Å². The second kappa shape index (κ2) is 18.8. The molecule has 15 nitrogen and oxygen atoms in total. The van der Waals surface area contributed by atoms with Crippen LogP contribution < -0.4 is 14.8 Å². The van der Waals surface area contributed by atoms with Crippen molar-refractivity contribution in [2.75, 3.05) is 20.2 Å². The Morgan fingerprint density at radius 2 is 1.54 bits per heavy atom. The van der Waals surface area contributed by atoms with E-state index in [4.69, 9.17) is 23.7 Å². The molecule has 0 spiro atoms. The lowest BCUT2D eigenvalue weighted by atomic mass is 9.78. The Hall–Kier alpha value is -5.90. The second-order valence-corrected chi connectivity index (χ2v) is 16.9.